The third kappa shape index (κ3) is 4.72. The maximum atomic E-state index is 12.5. The summed E-state index contributed by atoms with van der Waals surface area (Å²) in [5.41, 5.74) is 1.95. The molecule has 0 aliphatic heterocycles. The molecule has 0 spiro atoms. The quantitative estimate of drug-likeness (QED) is 0.492. The van der Waals surface area contributed by atoms with Crippen molar-refractivity contribution in [3.8, 4) is 0 Å². The van der Waals surface area contributed by atoms with Crippen LogP contribution < -0.4 is 5.32 Å². The molecule has 0 aromatic heterocycles. The van der Waals surface area contributed by atoms with E-state index in [0.717, 1.165) is 5.69 Å². The number of anilines is 2. The lowest BCUT2D eigenvalue weighted by molar-refractivity contribution is 0.0796. The molecule has 6 heteroatoms. The first kappa shape index (κ1) is 16.8. The molecule has 0 radical (unpaired) electrons. The van der Waals surface area contributed by atoms with Crippen molar-refractivity contribution in [1.82, 2.24) is 5.01 Å². The Morgan fingerprint density at radius 2 is 2.04 bits per heavy atom. The molecule has 120 valence electrons. The average Bonchev–Trinajstić information content (AvgIpc) is 2.55. The largest absolute Gasteiger partial charge is 0.482 e. The monoisotopic (exact) mass is 331 g/mol. The van der Waals surface area contributed by atoms with Gasteiger partial charge in [0.15, 0.2) is 6.40 Å². The highest BCUT2D eigenvalue weighted by Crippen LogP contribution is 2.25. The van der Waals surface area contributed by atoms with Crippen LogP contribution in [0.15, 0.2) is 53.6 Å². The van der Waals surface area contributed by atoms with Crippen molar-refractivity contribution in [2.24, 2.45) is 5.10 Å². The van der Waals surface area contributed by atoms with Gasteiger partial charge in [-0.1, -0.05) is 29.8 Å². The fraction of sp³-hybridized carbons (Fsp3) is 0.176. The Hall–Kier alpha value is -2.53. The normalized spacial score (nSPS) is 10.6. The molecule has 2 aromatic rings. The average molecular weight is 332 g/mol. The molecule has 0 saturated heterocycles. The fourth-order valence-corrected chi connectivity index (χ4v) is 2.06. The minimum Gasteiger partial charge on any atom is -0.482 e. The molecule has 1 amide bonds. The van der Waals surface area contributed by atoms with Crippen LogP contribution in [0.2, 0.25) is 5.02 Å². The number of carbonyl (C=O) groups is 1. The molecule has 0 aliphatic carbocycles. The summed E-state index contributed by atoms with van der Waals surface area (Å²) >= 11 is 6.06. The van der Waals surface area contributed by atoms with Gasteiger partial charge in [-0.25, -0.2) is 5.01 Å². The van der Waals surface area contributed by atoms with Crippen molar-refractivity contribution in [3.63, 3.8) is 0 Å². The van der Waals surface area contributed by atoms with E-state index >= 15 is 0 Å². The molecule has 0 saturated carbocycles. The molecule has 0 atom stereocenters. The Balaban J connectivity index is 2.26. The molecule has 0 heterocycles. The Morgan fingerprint density at radius 3 is 2.74 bits per heavy atom. The lowest BCUT2D eigenvalue weighted by atomic mass is 10.1. The van der Waals surface area contributed by atoms with Gasteiger partial charge in [-0.05, 0) is 37.3 Å². The number of hydrogen-bond acceptors (Lipinski definition) is 4. The lowest BCUT2D eigenvalue weighted by Gasteiger charge is -2.15. The smallest absolute Gasteiger partial charge is 0.275 e. The summed E-state index contributed by atoms with van der Waals surface area (Å²) in [6.07, 6.45) is 1.25. The number of nitrogens with one attached hydrogen (secondary N) is 1. The van der Waals surface area contributed by atoms with Gasteiger partial charge in [-0.2, -0.15) is 0 Å². The predicted octanol–water partition coefficient (Wildman–Crippen LogP) is 4.14. The zero-order valence-corrected chi connectivity index (χ0v) is 13.7. The SMILES string of the molecule is CCO/C=N/N(C)C(=O)c1ccc(Cl)cc1Nc1ccccc1. The minimum absolute atomic E-state index is 0.268. The predicted molar refractivity (Wildman–Crippen MR) is 93.4 cm³/mol. The van der Waals surface area contributed by atoms with Gasteiger partial charge < -0.3 is 10.1 Å². The molecule has 0 unspecified atom stereocenters. The summed E-state index contributed by atoms with van der Waals surface area (Å²) < 4.78 is 5.01. The number of para-hydroxylation sites is 1. The van der Waals surface area contributed by atoms with Crippen LogP contribution in [0.3, 0.4) is 0 Å². The lowest BCUT2D eigenvalue weighted by Crippen LogP contribution is -2.22. The van der Waals surface area contributed by atoms with Crippen molar-refractivity contribution in [3.05, 3.63) is 59.1 Å². The molecule has 1 N–H and O–H groups in total. The number of hydrazone groups is 1. The van der Waals surface area contributed by atoms with Gasteiger partial charge in [0.25, 0.3) is 5.91 Å². The number of benzene rings is 2. The number of halogens is 1. The summed E-state index contributed by atoms with van der Waals surface area (Å²) in [7, 11) is 1.57. The van der Waals surface area contributed by atoms with Crippen LogP contribution in [-0.4, -0.2) is 31.0 Å². The van der Waals surface area contributed by atoms with E-state index in [2.05, 4.69) is 10.4 Å². The number of hydrogen-bond donors (Lipinski definition) is 1. The first-order chi connectivity index (χ1) is 11.1. The third-order valence-corrected chi connectivity index (χ3v) is 3.26. The first-order valence-corrected chi connectivity index (χ1v) is 7.53. The second kappa shape index (κ2) is 8.19. The van der Waals surface area contributed by atoms with Crippen LogP contribution in [0.5, 0.6) is 0 Å². The molecular formula is C17H18ClN3O2. The van der Waals surface area contributed by atoms with Gasteiger partial charge >= 0.3 is 0 Å². The highest BCUT2D eigenvalue weighted by Gasteiger charge is 2.16. The van der Waals surface area contributed by atoms with Gasteiger partial charge in [0.1, 0.15) is 0 Å². The molecule has 0 fully saturated rings. The second-order valence-electron chi connectivity index (χ2n) is 4.69. The van der Waals surface area contributed by atoms with Gasteiger partial charge in [0.05, 0.1) is 17.9 Å². The Kier molecular flexibility index (Phi) is 6.00. The van der Waals surface area contributed by atoms with Gasteiger partial charge in [0, 0.05) is 17.8 Å². The molecule has 0 aliphatic rings. The van der Waals surface area contributed by atoms with Gasteiger partial charge in [-0.15, -0.1) is 5.10 Å². The van der Waals surface area contributed by atoms with Crippen LogP contribution in [-0.2, 0) is 4.74 Å². The number of nitrogens with zero attached hydrogens (tertiary/aromatic N) is 2. The van der Waals surface area contributed by atoms with E-state index in [4.69, 9.17) is 16.3 Å². The van der Waals surface area contributed by atoms with Crippen molar-refractivity contribution < 1.29 is 9.53 Å². The van der Waals surface area contributed by atoms with Gasteiger partial charge in [0.2, 0.25) is 0 Å². The standard InChI is InChI=1S/C17H18ClN3O2/c1-3-23-12-19-21(2)17(22)15-10-9-13(18)11-16(15)20-14-7-5-4-6-8-14/h4-12,20H,3H2,1-2H3/b19-12+. The number of ether oxygens (including phenoxy) is 1. The Labute approximate surface area is 140 Å². The summed E-state index contributed by atoms with van der Waals surface area (Å²) in [6.45, 7) is 2.34. The zero-order valence-electron chi connectivity index (χ0n) is 13.0. The Morgan fingerprint density at radius 1 is 1.30 bits per heavy atom. The van der Waals surface area contributed by atoms with Crippen LogP contribution in [0, 0.1) is 0 Å². The van der Waals surface area contributed by atoms with Crippen molar-refractivity contribution >= 4 is 35.3 Å². The van der Waals surface area contributed by atoms with E-state index in [1.54, 1.807) is 25.2 Å². The van der Waals surface area contributed by atoms with Crippen LogP contribution in [0.1, 0.15) is 17.3 Å². The second-order valence-corrected chi connectivity index (χ2v) is 5.12. The van der Waals surface area contributed by atoms with Crippen LogP contribution >= 0.6 is 11.6 Å². The maximum Gasteiger partial charge on any atom is 0.275 e. The number of rotatable bonds is 6. The van der Waals surface area contributed by atoms with E-state index in [9.17, 15) is 4.79 Å². The highest BCUT2D eigenvalue weighted by atomic mass is 35.5. The molecule has 2 rings (SSSR count). The van der Waals surface area contributed by atoms with Crippen molar-refractivity contribution in [2.45, 2.75) is 6.92 Å². The number of carbonyl (C=O) groups excluding carboxylic acids is 1. The highest BCUT2D eigenvalue weighted by molar-refractivity contribution is 6.31. The summed E-state index contributed by atoms with van der Waals surface area (Å²) in [5.74, 6) is -0.268. The Bertz CT molecular complexity index is 689. The zero-order chi connectivity index (χ0) is 16.7. The fourth-order valence-electron chi connectivity index (χ4n) is 1.89. The van der Waals surface area contributed by atoms with E-state index < -0.39 is 0 Å². The molecule has 23 heavy (non-hydrogen) atoms. The number of amides is 1. The van der Waals surface area contributed by atoms with E-state index in [-0.39, 0.29) is 5.91 Å². The van der Waals surface area contributed by atoms with Crippen LogP contribution in [0.4, 0.5) is 11.4 Å². The molecule has 5 nitrogen and oxygen atoms in total. The van der Waals surface area contributed by atoms with E-state index in [0.29, 0.717) is 22.9 Å². The van der Waals surface area contributed by atoms with Crippen LogP contribution in [0.25, 0.3) is 0 Å². The topological polar surface area (TPSA) is 53.9 Å². The minimum atomic E-state index is -0.268. The van der Waals surface area contributed by atoms with Crippen molar-refractivity contribution in [1.29, 1.82) is 0 Å². The molecule has 2 aromatic carbocycles. The third-order valence-electron chi connectivity index (χ3n) is 3.02. The maximum absolute atomic E-state index is 12.5. The van der Waals surface area contributed by atoms with Crippen molar-refractivity contribution in [2.75, 3.05) is 19.0 Å². The summed E-state index contributed by atoms with van der Waals surface area (Å²) in [5, 5.41) is 8.90. The first-order valence-electron chi connectivity index (χ1n) is 7.15. The van der Waals surface area contributed by atoms with E-state index in [1.807, 2.05) is 37.3 Å². The van der Waals surface area contributed by atoms with E-state index in [1.165, 1.54) is 11.4 Å². The molecule has 0 bridgehead atoms. The van der Waals surface area contributed by atoms with Gasteiger partial charge in [-0.3, -0.25) is 4.79 Å². The summed E-state index contributed by atoms with van der Waals surface area (Å²) in [4.78, 5) is 12.5. The molecular weight excluding hydrogens is 314 g/mol. The summed E-state index contributed by atoms with van der Waals surface area (Å²) in [6, 6.07) is 14.6.